The van der Waals surface area contributed by atoms with Gasteiger partial charge in [-0.3, -0.25) is 14.9 Å². The van der Waals surface area contributed by atoms with E-state index in [9.17, 15) is 14.9 Å². The molecule has 0 fully saturated rings. The number of rotatable bonds is 7. The lowest BCUT2D eigenvalue weighted by atomic mass is 10.1. The number of carbonyl (C=O) groups excluding carboxylic acids is 1. The summed E-state index contributed by atoms with van der Waals surface area (Å²) < 4.78 is 1.96. The van der Waals surface area contributed by atoms with Gasteiger partial charge in [-0.25, -0.2) is 0 Å². The Bertz CT molecular complexity index is 1050. The number of benzene rings is 2. The van der Waals surface area contributed by atoms with Crippen molar-refractivity contribution in [2.75, 3.05) is 5.32 Å². The van der Waals surface area contributed by atoms with Gasteiger partial charge in [0.2, 0.25) is 5.91 Å². The molecule has 150 valence electrons. The highest BCUT2D eigenvalue weighted by Gasteiger charge is 2.23. The van der Waals surface area contributed by atoms with E-state index in [2.05, 4.69) is 15.5 Å². The second kappa shape index (κ2) is 8.87. The van der Waals surface area contributed by atoms with Gasteiger partial charge in [0.25, 0.3) is 5.69 Å². The van der Waals surface area contributed by atoms with E-state index in [-0.39, 0.29) is 17.3 Å². The van der Waals surface area contributed by atoms with Crippen LogP contribution in [0, 0.1) is 17.0 Å². The van der Waals surface area contributed by atoms with Crippen molar-refractivity contribution in [2.24, 2.45) is 0 Å². The number of nitro groups is 1. The van der Waals surface area contributed by atoms with E-state index in [4.69, 9.17) is 0 Å². The van der Waals surface area contributed by atoms with Gasteiger partial charge >= 0.3 is 0 Å². The SMILES string of the molecule is CCn1c(S[C@@H](C)C(=O)Nc2ccccc2[N+](=O)[O-])nnc1-c1ccccc1C. The number of hydrogen-bond donors (Lipinski definition) is 1. The first-order valence-electron chi connectivity index (χ1n) is 9.12. The average Bonchev–Trinajstić information content (AvgIpc) is 3.10. The summed E-state index contributed by atoms with van der Waals surface area (Å²) in [6.45, 7) is 6.39. The van der Waals surface area contributed by atoms with E-state index in [1.54, 1.807) is 19.1 Å². The number of anilines is 1. The van der Waals surface area contributed by atoms with E-state index >= 15 is 0 Å². The third-order valence-corrected chi connectivity index (χ3v) is 5.51. The number of thioether (sulfide) groups is 1. The van der Waals surface area contributed by atoms with Gasteiger partial charge in [-0.05, 0) is 32.4 Å². The second-order valence-electron chi connectivity index (χ2n) is 6.39. The van der Waals surface area contributed by atoms with Gasteiger partial charge in [-0.15, -0.1) is 10.2 Å². The molecule has 0 saturated heterocycles. The smallest absolute Gasteiger partial charge is 0.292 e. The number of aromatic nitrogens is 3. The van der Waals surface area contributed by atoms with E-state index < -0.39 is 10.2 Å². The third kappa shape index (κ3) is 4.45. The summed E-state index contributed by atoms with van der Waals surface area (Å²) in [5.41, 5.74) is 2.11. The molecule has 0 radical (unpaired) electrons. The van der Waals surface area contributed by atoms with Crippen LogP contribution in [0.1, 0.15) is 19.4 Å². The van der Waals surface area contributed by atoms with Crippen LogP contribution in [0.25, 0.3) is 11.4 Å². The number of aryl methyl sites for hydroxylation is 1. The molecule has 29 heavy (non-hydrogen) atoms. The van der Waals surface area contributed by atoms with Crippen molar-refractivity contribution >= 4 is 29.0 Å². The Balaban J connectivity index is 1.79. The molecule has 0 aliphatic heterocycles. The maximum atomic E-state index is 12.6. The molecule has 3 rings (SSSR count). The topological polar surface area (TPSA) is 103 Å². The molecule has 0 saturated carbocycles. The van der Waals surface area contributed by atoms with Gasteiger partial charge < -0.3 is 9.88 Å². The molecule has 0 spiro atoms. The summed E-state index contributed by atoms with van der Waals surface area (Å²) in [5.74, 6) is 0.409. The lowest BCUT2D eigenvalue weighted by molar-refractivity contribution is -0.383. The number of carbonyl (C=O) groups is 1. The Morgan fingerprint density at radius 1 is 1.21 bits per heavy atom. The molecular formula is C20H21N5O3S. The van der Waals surface area contributed by atoms with Crippen molar-refractivity contribution < 1.29 is 9.72 Å². The Kier molecular flexibility index (Phi) is 6.28. The quantitative estimate of drug-likeness (QED) is 0.353. The summed E-state index contributed by atoms with van der Waals surface area (Å²) in [4.78, 5) is 23.2. The summed E-state index contributed by atoms with van der Waals surface area (Å²) >= 11 is 1.27. The van der Waals surface area contributed by atoms with Gasteiger partial charge in [0.1, 0.15) is 5.69 Å². The van der Waals surface area contributed by atoms with Crippen molar-refractivity contribution in [3.8, 4) is 11.4 Å². The van der Waals surface area contributed by atoms with Crippen molar-refractivity contribution in [3.05, 3.63) is 64.2 Å². The molecular weight excluding hydrogens is 390 g/mol. The summed E-state index contributed by atoms with van der Waals surface area (Å²) in [5, 5.41) is 22.5. The largest absolute Gasteiger partial charge is 0.319 e. The lowest BCUT2D eigenvalue weighted by Gasteiger charge is -2.13. The van der Waals surface area contributed by atoms with Crippen molar-refractivity contribution in [1.29, 1.82) is 0 Å². The summed E-state index contributed by atoms with van der Waals surface area (Å²) in [7, 11) is 0. The molecule has 1 aromatic heterocycles. The maximum absolute atomic E-state index is 12.6. The van der Waals surface area contributed by atoms with E-state index in [1.807, 2.05) is 42.7 Å². The fourth-order valence-electron chi connectivity index (χ4n) is 2.87. The molecule has 1 N–H and O–H groups in total. The minimum atomic E-state index is -0.519. The van der Waals surface area contributed by atoms with Gasteiger partial charge in [-0.1, -0.05) is 48.2 Å². The first-order valence-corrected chi connectivity index (χ1v) is 10.0. The van der Waals surface area contributed by atoms with E-state index in [1.165, 1.54) is 23.9 Å². The molecule has 2 aromatic carbocycles. The molecule has 8 nitrogen and oxygen atoms in total. The molecule has 1 atom stereocenters. The third-order valence-electron chi connectivity index (χ3n) is 4.43. The number of nitro benzene ring substituents is 1. The zero-order valence-electron chi connectivity index (χ0n) is 16.3. The van der Waals surface area contributed by atoms with Gasteiger partial charge in [0.15, 0.2) is 11.0 Å². The molecule has 0 aliphatic rings. The Morgan fingerprint density at radius 2 is 1.90 bits per heavy atom. The predicted octanol–water partition coefficient (Wildman–Crippen LogP) is 4.30. The lowest BCUT2D eigenvalue weighted by Crippen LogP contribution is -2.23. The van der Waals surface area contributed by atoms with Crippen molar-refractivity contribution in [3.63, 3.8) is 0 Å². The van der Waals surface area contributed by atoms with Crippen LogP contribution in [0.2, 0.25) is 0 Å². The van der Waals surface area contributed by atoms with Gasteiger partial charge in [-0.2, -0.15) is 0 Å². The monoisotopic (exact) mass is 411 g/mol. The molecule has 0 bridgehead atoms. The predicted molar refractivity (Wildman–Crippen MR) is 113 cm³/mol. The molecule has 9 heteroatoms. The standard InChI is InChI=1S/C20H21N5O3S/c1-4-24-18(15-10-6-5-9-13(15)2)22-23-20(24)29-14(3)19(26)21-16-11-7-8-12-17(16)25(27)28/h5-12,14H,4H2,1-3H3,(H,21,26)/t14-/m0/s1. The van der Waals surface area contributed by atoms with E-state index in [0.717, 1.165) is 17.0 Å². The normalized spacial score (nSPS) is 11.8. The number of nitrogens with zero attached hydrogens (tertiary/aromatic N) is 4. The van der Waals surface area contributed by atoms with Gasteiger partial charge in [0.05, 0.1) is 10.2 Å². The maximum Gasteiger partial charge on any atom is 0.292 e. The van der Waals surface area contributed by atoms with Crippen LogP contribution in [-0.4, -0.2) is 30.8 Å². The minimum Gasteiger partial charge on any atom is -0.319 e. The van der Waals surface area contributed by atoms with Crippen LogP contribution in [0.15, 0.2) is 53.7 Å². The molecule has 0 unspecified atom stereocenters. The molecule has 1 heterocycles. The van der Waals surface area contributed by atoms with Crippen LogP contribution in [0.4, 0.5) is 11.4 Å². The highest BCUT2D eigenvalue weighted by molar-refractivity contribution is 8.00. The number of nitrogens with one attached hydrogen (secondary N) is 1. The van der Waals surface area contributed by atoms with Crippen LogP contribution in [0.5, 0.6) is 0 Å². The van der Waals surface area contributed by atoms with Crippen LogP contribution in [0.3, 0.4) is 0 Å². The molecule has 1 amide bonds. The second-order valence-corrected chi connectivity index (χ2v) is 7.70. The van der Waals surface area contributed by atoms with Gasteiger partial charge in [0, 0.05) is 18.2 Å². The van der Waals surface area contributed by atoms with Crippen LogP contribution in [-0.2, 0) is 11.3 Å². The van der Waals surface area contributed by atoms with Crippen LogP contribution < -0.4 is 5.32 Å². The van der Waals surface area contributed by atoms with Crippen molar-refractivity contribution in [1.82, 2.24) is 14.8 Å². The Morgan fingerprint density at radius 3 is 2.59 bits per heavy atom. The fraction of sp³-hybridized carbons (Fsp3) is 0.250. The summed E-state index contributed by atoms with van der Waals surface area (Å²) in [6.07, 6.45) is 0. The zero-order valence-corrected chi connectivity index (χ0v) is 17.1. The molecule has 3 aromatic rings. The number of hydrogen-bond acceptors (Lipinski definition) is 6. The molecule has 0 aliphatic carbocycles. The Labute approximate surface area is 172 Å². The van der Waals surface area contributed by atoms with Crippen molar-refractivity contribution in [2.45, 2.75) is 37.7 Å². The fourth-order valence-corrected chi connectivity index (χ4v) is 3.78. The zero-order chi connectivity index (χ0) is 21.0. The first kappa shape index (κ1) is 20.5. The first-order chi connectivity index (χ1) is 13.9. The average molecular weight is 411 g/mol. The number of amides is 1. The van der Waals surface area contributed by atoms with E-state index in [0.29, 0.717) is 11.7 Å². The Hall–Kier alpha value is -3.20. The highest BCUT2D eigenvalue weighted by Crippen LogP contribution is 2.30. The highest BCUT2D eigenvalue weighted by atomic mass is 32.2. The van der Waals surface area contributed by atoms with Crippen LogP contribution >= 0.6 is 11.8 Å². The number of para-hydroxylation sites is 2. The summed E-state index contributed by atoms with van der Waals surface area (Å²) in [6, 6.07) is 14.0. The minimum absolute atomic E-state index is 0.142.